The van der Waals surface area contributed by atoms with E-state index in [1.54, 1.807) is 6.33 Å². The van der Waals surface area contributed by atoms with E-state index in [1.165, 1.54) is 0 Å². The molecule has 0 aliphatic carbocycles. The number of hydrogen-bond acceptors (Lipinski definition) is 4. The first-order chi connectivity index (χ1) is 13.0. The quantitative estimate of drug-likeness (QED) is 0.407. The average molecular weight is 367 g/mol. The molecule has 3 atom stereocenters. The van der Waals surface area contributed by atoms with Gasteiger partial charge in [0.05, 0.1) is 30.1 Å². The summed E-state index contributed by atoms with van der Waals surface area (Å²) in [4.78, 5) is 8.70. The molecule has 27 heavy (non-hydrogen) atoms. The normalized spacial score (nSPS) is 23.1. The fourth-order valence-electron chi connectivity index (χ4n) is 3.73. The largest absolute Gasteiger partial charge is 0.498 e. The highest BCUT2D eigenvalue weighted by Gasteiger charge is 2.35. The number of nitrogens with zero attached hydrogens (tertiary/aromatic N) is 3. The summed E-state index contributed by atoms with van der Waals surface area (Å²) in [5, 5.41) is 1.04. The van der Waals surface area contributed by atoms with E-state index in [4.69, 9.17) is 15.9 Å². The number of aryl methyl sites for hydroxylation is 1. The Morgan fingerprint density at radius 2 is 2.30 bits per heavy atom. The Hall–Kier alpha value is -2.32. The second-order valence-corrected chi connectivity index (χ2v) is 7.41. The van der Waals surface area contributed by atoms with E-state index in [-0.39, 0.29) is 18.2 Å². The number of rotatable bonds is 7. The van der Waals surface area contributed by atoms with Crippen molar-refractivity contribution in [1.82, 2.24) is 14.5 Å². The summed E-state index contributed by atoms with van der Waals surface area (Å²) >= 11 is 0. The molecule has 3 heterocycles. The lowest BCUT2D eigenvalue weighted by Gasteiger charge is -2.18. The number of aromatic nitrogens is 3. The van der Waals surface area contributed by atoms with Gasteiger partial charge in [-0.2, -0.15) is 0 Å². The molecule has 0 aromatic carbocycles. The lowest BCUT2D eigenvalue weighted by molar-refractivity contribution is -0.00939. The Morgan fingerprint density at radius 3 is 3.00 bits per heavy atom. The minimum atomic E-state index is -0.172. The third kappa shape index (κ3) is 4.17. The van der Waals surface area contributed by atoms with Crippen LogP contribution in [-0.2, 0) is 9.47 Å². The van der Waals surface area contributed by atoms with Crippen LogP contribution in [0, 0.1) is 31.1 Å². The second-order valence-electron chi connectivity index (χ2n) is 7.41. The lowest BCUT2D eigenvalue weighted by Crippen LogP contribution is -2.15. The van der Waals surface area contributed by atoms with Crippen LogP contribution in [0.25, 0.3) is 11.0 Å². The summed E-state index contributed by atoms with van der Waals surface area (Å²) < 4.78 is 14.3. The van der Waals surface area contributed by atoms with Gasteiger partial charge in [-0.25, -0.2) is 9.97 Å². The minimum Gasteiger partial charge on any atom is -0.498 e. The van der Waals surface area contributed by atoms with Gasteiger partial charge in [0.25, 0.3) is 0 Å². The van der Waals surface area contributed by atoms with Gasteiger partial charge in [-0.05, 0) is 45.3 Å². The molecule has 1 saturated heterocycles. The van der Waals surface area contributed by atoms with Gasteiger partial charge in [0.15, 0.2) is 0 Å². The molecule has 5 heteroatoms. The number of hydrogen-bond donors (Lipinski definition) is 0. The fourth-order valence-corrected chi connectivity index (χ4v) is 3.73. The van der Waals surface area contributed by atoms with Crippen molar-refractivity contribution in [2.75, 3.05) is 6.61 Å². The highest BCUT2D eigenvalue weighted by molar-refractivity contribution is 5.78. The standard InChI is InChI=1S/C22H29N3O2/c1-6-17-13-18(9-8-12-26-20(7-2)15(3)4)27-22(17)25-11-10-19-16(5)23-14-24-21(19)25/h1,7,10-11,14-15,17-18,22H,8-9,12-13H2,2-5H3. The molecule has 144 valence electrons. The zero-order valence-electron chi connectivity index (χ0n) is 16.7. The third-order valence-corrected chi connectivity index (χ3v) is 5.18. The molecule has 2 aromatic rings. The molecule has 1 aliphatic rings. The van der Waals surface area contributed by atoms with Crippen LogP contribution in [0.3, 0.4) is 0 Å². The molecular weight excluding hydrogens is 338 g/mol. The second kappa shape index (κ2) is 8.58. The maximum absolute atomic E-state index is 6.33. The highest BCUT2D eigenvalue weighted by Crippen LogP contribution is 2.37. The molecule has 0 amide bonds. The topological polar surface area (TPSA) is 49.2 Å². The molecule has 1 aliphatic heterocycles. The first-order valence-electron chi connectivity index (χ1n) is 9.73. The number of terminal acetylenes is 1. The molecule has 0 saturated carbocycles. The molecular formula is C22H29N3O2. The van der Waals surface area contributed by atoms with Crippen molar-refractivity contribution < 1.29 is 9.47 Å². The Labute approximate surface area is 161 Å². The van der Waals surface area contributed by atoms with Gasteiger partial charge in [0, 0.05) is 17.5 Å². The third-order valence-electron chi connectivity index (χ3n) is 5.18. The van der Waals surface area contributed by atoms with Crippen molar-refractivity contribution in [2.45, 2.75) is 59.3 Å². The van der Waals surface area contributed by atoms with Crippen molar-refractivity contribution >= 4 is 11.0 Å². The van der Waals surface area contributed by atoms with Crippen LogP contribution in [-0.4, -0.2) is 27.2 Å². The van der Waals surface area contributed by atoms with Gasteiger partial charge in [-0.1, -0.05) is 19.8 Å². The highest BCUT2D eigenvalue weighted by atomic mass is 16.5. The molecule has 2 aromatic heterocycles. The van der Waals surface area contributed by atoms with Crippen molar-refractivity contribution in [1.29, 1.82) is 0 Å². The lowest BCUT2D eigenvalue weighted by atomic mass is 10.0. The van der Waals surface area contributed by atoms with E-state index in [1.807, 2.05) is 32.2 Å². The van der Waals surface area contributed by atoms with Crippen LogP contribution < -0.4 is 0 Å². The zero-order chi connectivity index (χ0) is 19.4. The van der Waals surface area contributed by atoms with E-state index < -0.39 is 0 Å². The Kier molecular flexibility index (Phi) is 6.18. The van der Waals surface area contributed by atoms with Crippen LogP contribution in [0.15, 0.2) is 30.4 Å². The van der Waals surface area contributed by atoms with Crippen LogP contribution in [0.4, 0.5) is 0 Å². The number of fused-ring (bicyclic) bond motifs is 1. The maximum Gasteiger partial charge on any atom is 0.149 e. The number of allylic oxidation sites excluding steroid dienone is 2. The Morgan fingerprint density at radius 1 is 1.48 bits per heavy atom. The zero-order valence-corrected chi connectivity index (χ0v) is 16.7. The first kappa shape index (κ1) is 19.4. The summed E-state index contributed by atoms with van der Waals surface area (Å²) in [6.45, 7) is 9.00. The molecule has 5 nitrogen and oxygen atoms in total. The molecule has 3 unspecified atom stereocenters. The fraction of sp³-hybridized carbons (Fsp3) is 0.545. The molecule has 1 fully saturated rings. The van der Waals surface area contributed by atoms with Gasteiger partial charge in [-0.3, -0.25) is 0 Å². The summed E-state index contributed by atoms with van der Waals surface area (Å²) in [5.74, 6) is 4.43. The van der Waals surface area contributed by atoms with Gasteiger partial charge in [0.1, 0.15) is 18.2 Å². The van der Waals surface area contributed by atoms with Gasteiger partial charge in [-0.15, -0.1) is 6.42 Å². The monoisotopic (exact) mass is 367 g/mol. The van der Waals surface area contributed by atoms with E-state index in [0.717, 1.165) is 41.7 Å². The van der Waals surface area contributed by atoms with Crippen LogP contribution in [0.1, 0.15) is 52.0 Å². The molecule has 3 rings (SSSR count). The van der Waals surface area contributed by atoms with Gasteiger partial charge < -0.3 is 14.0 Å². The average Bonchev–Trinajstić information content (AvgIpc) is 3.25. The molecule has 0 radical (unpaired) electrons. The van der Waals surface area contributed by atoms with Crippen LogP contribution in [0.5, 0.6) is 0 Å². The SMILES string of the molecule is C#CC1CC(CCCOC(=CC)C(C)C)OC1n1ccc2c(C)ncnc21. The minimum absolute atomic E-state index is 0.0450. The van der Waals surface area contributed by atoms with Crippen molar-refractivity contribution in [3.63, 3.8) is 0 Å². The summed E-state index contributed by atoms with van der Waals surface area (Å²) in [5.41, 5.74) is 1.85. The summed E-state index contributed by atoms with van der Waals surface area (Å²) in [6.07, 6.45) is 14.2. The van der Waals surface area contributed by atoms with E-state index in [9.17, 15) is 0 Å². The Balaban J connectivity index is 1.62. The Bertz CT molecular complexity index is 847. The van der Waals surface area contributed by atoms with E-state index >= 15 is 0 Å². The molecule has 0 spiro atoms. The van der Waals surface area contributed by atoms with Gasteiger partial charge >= 0.3 is 0 Å². The maximum atomic E-state index is 6.33. The summed E-state index contributed by atoms with van der Waals surface area (Å²) in [7, 11) is 0. The molecule has 0 bridgehead atoms. The number of ether oxygens (including phenoxy) is 2. The smallest absolute Gasteiger partial charge is 0.149 e. The predicted octanol–water partition coefficient (Wildman–Crippen LogP) is 4.63. The van der Waals surface area contributed by atoms with E-state index in [2.05, 4.69) is 34.3 Å². The van der Waals surface area contributed by atoms with Crippen LogP contribution >= 0.6 is 0 Å². The molecule has 0 N–H and O–H groups in total. The van der Waals surface area contributed by atoms with Crippen molar-refractivity contribution in [3.8, 4) is 12.3 Å². The van der Waals surface area contributed by atoms with E-state index in [0.29, 0.717) is 12.5 Å². The predicted molar refractivity (Wildman–Crippen MR) is 107 cm³/mol. The van der Waals surface area contributed by atoms with Crippen molar-refractivity contribution in [2.24, 2.45) is 11.8 Å². The van der Waals surface area contributed by atoms with Crippen LogP contribution in [0.2, 0.25) is 0 Å². The first-order valence-corrected chi connectivity index (χ1v) is 9.73. The van der Waals surface area contributed by atoms with Gasteiger partial charge in [0.2, 0.25) is 0 Å². The summed E-state index contributed by atoms with van der Waals surface area (Å²) in [6, 6.07) is 2.04. The van der Waals surface area contributed by atoms with Crippen molar-refractivity contribution in [3.05, 3.63) is 36.1 Å².